The van der Waals surface area contributed by atoms with Crippen molar-refractivity contribution in [2.24, 2.45) is 0 Å². The fourth-order valence-electron chi connectivity index (χ4n) is 0.457. The highest BCUT2D eigenvalue weighted by Gasteiger charge is 1.95. The van der Waals surface area contributed by atoms with Gasteiger partial charge in [0.15, 0.2) is 11.4 Å². The molecule has 0 spiro atoms. The minimum absolute atomic E-state index is 0.652. The van der Waals surface area contributed by atoms with Gasteiger partial charge in [0.25, 0.3) is 0 Å². The molecule has 0 unspecified atom stereocenters. The Morgan fingerprint density at radius 2 is 2.17 bits per heavy atom. The van der Waals surface area contributed by atoms with Crippen LogP contribution in [0.3, 0.4) is 0 Å². The number of aldehydes is 2. The zero-order chi connectivity index (χ0) is 9.40. The summed E-state index contributed by atoms with van der Waals surface area (Å²) < 4.78 is 0. The van der Waals surface area contributed by atoms with Gasteiger partial charge in [0.1, 0.15) is 6.29 Å². The minimum Gasteiger partial charge on any atom is -0.365 e. The summed E-state index contributed by atoms with van der Waals surface area (Å²) in [4.78, 5) is 23.4. The number of hydrogen-bond donors (Lipinski definition) is 1. The third-order valence-electron chi connectivity index (χ3n) is 0.854. The average molecular weight is 186 g/mol. The van der Waals surface area contributed by atoms with E-state index in [2.05, 4.69) is 10.3 Å². The fourth-order valence-corrected chi connectivity index (χ4v) is 1.04. The first kappa shape index (κ1) is 10.8. The summed E-state index contributed by atoms with van der Waals surface area (Å²) >= 11 is 1.34. The van der Waals surface area contributed by atoms with Gasteiger partial charge in [-0.25, -0.2) is 4.98 Å². The highest BCUT2D eigenvalue weighted by atomic mass is 32.1. The van der Waals surface area contributed by atoms with Crippen molar-refractivity contribution in [1.29, 1.82) is 0 Å². The SMILES string of the molecule is CC=O.CNc1ncc(C=O)s1. The lowest BCUT2D eigenvalue weighted by Gasteiger charge is -1.84. The normalized spacial score (nSPS) is 7.83. The lowest BCUT2D eigenvalue weighted by atomic mass is 10.6. The average Bonchev–Trinajstić information content (AvgIpc) is 2.53. The Morgan fingerprint density at radius 3 is 2.42 bits per heavy atom. The molecule has 0 saturated carbocycles. The smallest absolute Gasteiger partial charge is 0.183 e. The number of anilines is 1. The molecule has 66 valence electrons. The Balaban J connectivity index is 0.000000354. The van der Waals surface area contributed by atoms with E-state index in [1.54, 1.807) is 13.2 Å². The summed E-state index contributed by atoms with van der Waals surface area (Å²) in [7, 11) is 1.77. The Hall–Kier alpha value is -1.23. The number of nitrogens with one attached hydrogen (secondary N) is 1. The fraction of sp³-hybridized carbons (Fsp3) is 0.286. The first-order valence-corrected chi connectivity index (χ1v) is 4.08. The van der Waals surface area contributed by atoms with E-state index in [1.807, 2.05) is 0 Å². The van der Waals surface area contributed by atoms with Crippen LogP contribution >= 0.6 is 11.3 Å². The largest absolute Gasteiger partial charge is 0.365 e. The Bertz CT molecular complexity index is 247. The molecule has 0 fully saturated rings. The lowest BCUT2D eigenvalue weighted by Crippen LogP contribution is -1.83. The van der Waals surface area contributed by atoms with Crippen LogP contribution in [-0.2, 0) is 4.79 Å². The van der Waals surface area contributed by atoms with Crippen LogP contribution in [0.15, 0.2) is 6.20 Å². The molecule has 1 aromatic rings. The Kier molecular flexibility index (Phi) is 5.81. The van der Waals surface area contributed by atoms with Crippen molar-refractivity contribution in [3.8, 4) is 0 Å². The van der Waals surface area contributed by atoms with Gasteiger partial charge in [0.05, 0.1) is 11.1 Å². The molecule has 0 radical (unpaired) electrons. The van der Waals surface area contributed by atoms with Crippen LogP contribution in [0.25, 0.3) is 0 Å². The molecule has 0 aliphatic heterocycles. The van der Waals surface area contributed by atoms with Crippen LogP contribution in [0, 0.1) is 0 Å². The van der Waals surface area contributed by atoms with Crippen molar-refractivity contribution in [3.05, 3.63) is 11.1 Å². The van der Waals surface area contributed by atoms with Gasteiger partial charge < -0.3 is 10.1 Å². The second-order valence-corrected chi connectivity index (χ2v) is 2.73. The molecule has 0 amide bonds. The number of carbonyl (C=O) groups excluding carboxylic acids is 2. The standard InChI is InChI=1S/C5H6N2OS.C2H4O/c1-6-5-7-2-4(3-8)9-5;1-2-3/h2-3H,1H3,(H,6,7);2H,1H3. The van der Waals surface area contributed by atoms with Crippen LogP contribution in [0.2, 0.25) is 0 Å². The molecule has 1 heterocycles. The van der Waals surface area contributed by atoms with Crippen LogP contribution < -0.4 is 5.32 Å². The van der Waals surface area contributed by atoms with E-state index in [4.69, 9.17) is 4.79 Å². The van der Waals surface area contributed by atoms with E-state index in [-0.39, 0.29) is 0 Å². The van der Waals surface area contributed by atoms with Crippen LogP contribution in [0.5, 0.6) is 0 Å². The van der Waals surface area contributed by atoms with Crippen LogP contribution in [-0.4, -0.2) is 24.6 Å². The minimum atomic E-state index is 0.652. The highest BCUT2D eigenvalue weighted by molar-refractivity contribution is 7.17. The van der Waals surface area contributed by atoms with Gasteiger partial charge >= 0.3 is 0 Å². The molecule has 1 aromatic heterocycles. The van der Waals surface area contributed by atoms with Gasteiger partial charge in [-0.05, 0) is 6.92 Å². The molecule has 0 saturated heterocycles. The number of rotatable bonds is 2. The second-order valence-electron chi connectivity index (χ2n) is 1.67. The monoisotopic (exact) mass is 186 g/mol. The summed E-state index contributed by atoms with van der Waals surface area (Å²) in [6, 6.07) is 0. The molecule has 0 aliphatic rings. The van der Waals surface area contributed by atoms with Crippen LogP contribution in [0.1, 0.15) is 16.6 Å². The van der Waals surface area contributed by atoms with E-state index < -0.39 is 0 Å². The van der Waals surface area contributed by atoms with Gasteiger partial charge in [-0.3, -0.25) is 4.79 Å². The topological polar surface area (TPSA) is 59.1 Å². The predicted molar refractivity (Wildman–Crippen MR) is 48.8 cm³/mol. The van der Waals surface area contributed by atoms with Crippen molar-refractivity contribution < 1.29 is 9.59 Å². The summed E-state index contributed by atoms with van der Waals surface area (Å²) in [5.74, 6) is 0. The molecule has 12 heavy (non-hydrogen) atoms. The first-order chi connectivity index (χ1) is 5.78. The molecule has 4 nitrogen and oxygen atoms in total. The highest BCUT2D eigenvalue weighted by Crippen LogP contribution is 2.14. The lowest BCUT2D eigenvalue weighted by molar-refractivity contribution is -0.106. The number of nitrogens with zero attached hydrogens (tertiary/aromatic N) is 1. The quantitative estimate of drug-likeness (QED) is 0.705. The Morgan fingerprint density at radius 1 is 1.58 bits per heavy atom. The molecule has 1 N–H and O–H groups in total. The molecule has 0 bridgehead atoms. The third-order valence-corrected chi connectivity index (χ3v) is 1.79. The van der Waals surface area contributed by atoms with Gasteiger partial charge in [-0.15, -0.1) is 0 Å². The molecule has 0 aromatic carbocycles. The van der Waals surface area contributed by atoms with Crippen molar-refractivity contribution in [1.82, 2.24) is 4.98 Å². The van der Waals surface area contributed by atoms with Gasteiger partial charge in [0.2, 0.25) is 0 Å². The number of aromatic nitrogens is 1. The molecule has 0 atom stereocenters. The number of hydrogen-bond acceptors (Lipinski definition) is 5. The maximum atomic E-state index is 10.1. The first-order valence-electron chi connectivity index (χ1n) is 3.27. The maximum absolute atomic E-state index is 10.1. The van der Waals surface area contributed by atoms with Crippen molar-refractivity contribution in [2.75, 3.05) is 12.4 Å². The summed E-state index contributed by atoms with van der Waals surface area (Å²) in [6.45, 7) is 1.44. The zero-order valence-corrected chi connectivity index (χ0v) is 7.72. The third kappa shape index (κ3) is 3.82. The van der Waals surface area contributed by atoms with Crippen molar-refractivity contribution in [2.45, 2.75) is 6.92 Å². The molecule has 5 heteroatoms. The molecular weight excluding hydrogens is 176 g/mol. The zero-order valence-electron chi connectivity index (χ0n) is 6.90. The summed E-state index contributed by atoms with van der Waals surface area (Å²) in [5.41, 5.74) is 0. The molecular formula is C7H10N2O2S. The maximum Gasteiger partial charge on any atom is 0.183 e. The van der Waals surface area contributed by atoms with E-state index in [1.165, 1.54) is 18.3 Å². The van der Waals surface area contributed by atoms with Gasteiger partial charge in [0, 0.05) is 7.05 Å². The molecule has 0 aliphatic carbocycles. The van der Waals surface area contributed by atoms with Crippen LogP contribution in [0.4, 0.5) is 5.13 Å². The molecule has 1 rings (SSSR count). The summed E-state index contributed by atoms with van der Waals surface area (Å²) in [6.07, 6.45) is 3.09. The van der Waals surface area contributed by atoms with E-state index in [9.17, 15) is 4.79 Å². The van der Waals surface area contributed by atoms with Gasteiger partial charge in [-0.2, -0.15) is 0 Å². The van der Waals surface area contributed by atoms with E-state index >= 15 is 0 Å². The van der Waals surface area contributed by atoms with E-state index in [0.717, 1.165) is 17.7 Å². The predicted octanol–water partition coefficient (Wildman–Crippen LogP) is 1.20. The Labute approximate surface area is 74.6 Å². The number of carbonyl (C=O) groups is 2. The van der Waals surface area contributed by atoms with Crippen molar-refractivity contribution >= 4 is 29.0 Å². The second kappa shape index (κ2) is 6.48. The summed E-state index contributed by atoms with van der Waals surface area (Å²) in [5, 5.41) is 3.61. The van der Waals surface area contributed by atoms with Crippen molar-refractivity contribution in [3.63, 3.8) is 0 Å². The van der Waals surface area contributed by atoms with Gasteiger partial charge in [-0.1, -0.05) is 11.3 Å². The number of thiazole rings is 1. The van der Waals surface area contributed by atoms with E-state index in [0.29, 0.717) is 4.88 Å².